The van der Waals surface area contributed by atoms with Crippen molar-refractivity contribution in [3.05, 3.63) is 76.8 Å². The summed E-state index contributed by atoms with van der Waals surface area (Å²) < 4.78 is 61.3. The van der Waals surface area contributed by atoms with Gasteiger partial charge in [-0.2, -0.15) is 4.31 Å². The number of ether oxygens (including phenoxy) is 1. The molecule has 2 heterocycles. The summed E-state index contributed by atoms with van der Waals surface area (Å²) >= 11 is 5.93. The Labute approximate surface area is 239 Å². The number of methoxy groups -OCH3 is 1. The zero-order chi connectivity index (χ0) is 28.7. The van der Waals surface area contributed by atoms with Crippen LogP contribution in [-0.4, -0.2) is 53.8 Å². The van der Waals surface area contributed by atoms with Crippen LogP contribution in [0.1, 0.15) is 24.0 Å². The van der Waals surface area contributed by atoms with E-state index in [0.717, 1.165) is 5.56 Å². The van der Waals surface area contributed by atoms with Crippen LogP contribution in [0.15, 0.2) is 70.5 Å². The van der Waals surface area contributed by atoms with Crippen molar-refractivity contribution in [2.75, 3.05) is 36.4 Å². The monoisotopic (exact) mass is 603 g/mol. The molecule has 3 aromatic rings. The number of rotatable bonds is 7. The first-order valence-corrected chi connectivity index (χ1v) is 16.1. The molecule has 1 saturated heterocycles. The van der Waals surface area contributed by atoms with Gasteiger partial charge in [-0.3, -0.25) is 9.10 Å². The number of nitrogens with one attached hydrogen (secondary N) is 1. The van der Waals surface area contributed by atoms with Crippen LogP contribution in [0.2, 0.25) is 5.02 Å². The highest BCUT2D eigenvalue weighted by Crippen LogP contribution is 2.36. The van der Waals surface area contributed by atoms with E-state index in [0.29, 0.717) is 53.5 Å². The smallest absolute Gasteiger partial charge is 0.264 e. The Bertz CT molecular complexity index is 1660. The van der Waals surface area contributed by atoms with Crippen molar-refractivity contribution in [1.82, 2.24) is 4.31 Å². The minimum Gasteiger partial charge on any atom is -0.496 e. The zero-order valence-electron chi connectivity index (χ0n) is 22.1. The second-order valence-electron chi connectivity index (χ2n) is 9.95. The maximum Gasteiger partial charge on any atom is 0.264 e. The van der Waals surface area contributed by atoms with E-state index in [1.807, 2.05) is 6.07 Å². The number of anilines is 2. The molecular formula is C28H30ClN3O6S2. The fourth-order valence-corrected chi connectivity index (χ4v) is 8.42. The van der Waals surface area contributed by atoms with Gasteiger partial charge in [0.2, 0.25) is 15.9 Å². The third-order valence-electron chi connectivity index (χ3n) is 7.37. The first-order valence-electron chi connectivity index (χ1n) is 12.9. The molecule has 0 aromatic heterocycles. The van der Waals surface area contributed by atoms with E-state index in [1.165, 1.54) is 46.1 Å². The molecule has 40 heavy (non-hydrogen) atoms. The number of amides is 1. The molecule has 0 saturated carbocycles. The maximum absolute atomic E-state index is 13.3. The number of nitrogens with zero attached hydrogens (tertiary/aromatic N) is 2. The molecular weight excluding hydrogens is 574 g/mol. The molecule has 12 heteroatoms. The van der Waals surface area contributed by atoms with Crippen molar-refractivity contribution in [2.24, 2.45) is 5.92 Å². The fourth-order valence-electron chi connectivity index (χ4n) is 5.19. The number of benzene rings is 3. The molecule has 212 valence electrons. The van der Waals surface area contributed by atoms with E-state index >= 15 is 0 Å². The van der Waals surface area contributed by atoms with Crippen molar-refractivity contribution in [2.45, 2.75) is 36.0 Å². The van der Waals surface area contributed by atoms with E-state index in [2.05, 4.69) is 5.32 Å². The Morgan fingerprint density at radius 1 is 0.950 bits per heavy atom. The predicted octanol–water partition coefficient (Wildman–Crippen LogP) is 4.45. The first-order chi connectivity index (χ1) is 19.0. The van der Waals surface area contributed by atoms with Crippen molar-refractivity contribution < 1.29 is 26.4 Å². The molecule has 0 spiro atoms. The average Bonchev–Trinajstić information content (AvgIpc) is 3.37. The minimum atomic E-state index is -3.81. The second-order valence-corrected chi connectivity index (χ2v) is 14.2. The third kappa shape index (κ3) is 5.43. The fraction of sp³-hybridized carbons (Fsp3) is 0.321. The van der Waals surface area contributed by atoms with Crippen LogP contribution < -0.4 is 14.4 Å². The molecule has 2 aliphatic heterocycles. The summed E-state index contributed by atoms with van der Waals surface area (Å²) in [4.78, 5) is 13.5. The van der Waals surface area contributed by atoms with Gasteiger partial charge in [-0.25, -0.2) is 16.8 Å². The van der Waals surface area contributed by atoms with Crippen LogP contribution in [0.25, 0.3) is 0 Å². The third-order valence-corrected chi connectivity index (χ3v) is 11.3. The number of carbonyl (C=O) groups excluding carboxylic acids is 1. The number of piperidine rings is 1. The van der Waals surface area contributed by atoms with Gasteiger partial charge >= 0.3 is 0 Å². The highest BCUT2D eigenvalue weighted by atomic mass is 35.5. The van der Waals surface area contributed by atoms with Crippen LogP contribution >= 0.6 is 11.6 Å². The van der Waals surface area contributed by atoms with Crippen molar-refractivity contribution in [3.8, 4) is 5.75 Å². The van der Waals surface area contributed by atoms with Gasteiger partial charge in [0, 0.05) is 30.3 Å². The number of aryl methyl sites for hydroxylation is 1. The summed E-state index contributed by atoms with van der Waals surface area (Å²) in [6.45, 7) is 2.45. The second kappa shape index (κ2) is 11.0. The van der Waals surface area contributed by atoms with Crippen LogP contribution in [0, 0.1) is 12.8 Å². The number of hydrogen-bond acceptors (Lipinski definition) is 6. The summed E-state index contributed by atoms with van der Waals surface area (Å²) in [5, 5.41) is 3.32. The van der Waals surface area contributed by atoms with E-state index in [1.54, 1.807) is 31.2 Å². The molecule has 5 rings (SSSR count). The summed E-state index contributed by atoms with van der Waals surface area (Å²) in [5.74, 6) is -0.260. The lowest BCUT2D eigenvalue weighted by molar-refractivity contribution is -0.120. The molecule has 0 bridgehead atoms. The first kappa shape index (κ1) is 28.4. The van der Waals surface area contributed by atoms with Gasteiger partial charge in [-0.1, -0.05) is 17.7 Å². The normalized spacial score (nSPS) is 17.9. The highest BCUT2D eigenvalue weighted by molar-refractivity contribution is 7.92. The summed E-state index contributed by atoms with van der Waals surface area (Å²) in [7, 11) is -6.08. The number of halogens is 1. The Morgan fingerprint density at radius 3 is 2.38 bits per heavy atom. The van der Waals surface area contributed by atoms with E-state index in [4.69, 9.17) is 16.3 Å². The lowest BCUT2D eigenvalue weighted by Gasteiger charge is -2.31. The Hall–Kier alpha value is -3.12. The molecule has 1 atom stereocenters. The molecule has 9 nitrogen and oxygen atoms in total. The molecule has 1 N–H and O–H groups in total. The van der Waals surface area contributed by atoms with Gasteiger partial charge in [0.1, 0.15) is 5.75 Å². The van der Waals surface area contributed by atoms with Crippen molar-refractivity contribution >= 4 is 48.9 Å². The summed E-state index contributed by atoms with van der Waals surface area (Å²) in [6.07, 6.45) is 1.64. The number of carbonyl (C=O) groups is 1. The predicted molar refractivity (Wildman–Crippen MR) is 154 cm³/mol. The molecule has 2 aliphatic rings. The average molecular weight is 604 g/mol. The van der Waals surface area contributed by atoms with E-state index in [-0.39, 0.29) is 28.8 Å². The molecule has 0 aliphatic carbocycles. The van der Waals surface area contributed by atoms with Crippen LogP contribution in [-0.2, 0) is 31.3 Å². The van der Waals surface area contributed by atoms with E-state index < -0.39 is 26.0 Å². The largest absolute Gasteiger partial charge is 0.496 e. The SMILES string of the molecule is COc1ccc(S(=O)(=O)N2CCCC(C(=O)Nc3ccc4c(c3)N(S(=O)(=O)c3ccc(Cl)cc3)CC4)C2)cc1C. The van der Waals surface area contributed by atoms with Gasteiger partial charge in [0.25, 0.3) is 10.0 Å². The molecule has 3 aromatic carbocycles. The minimum absolute atomic E-state index is 0.0568. The number of fused-ring (bicyclic) bond motifs is 1. The van der Waals surface area contributed by atoms with Gasteiger partial charge in [-0.05, 0) is 91.9 Å². The quantitative estimate of drug-likeness (QED) is 0.427. The topological polar surface area (TPSA) is 113 Å². The van der Waals surface area contributed by atoms with Gasteiger partial charge in [-0.15, -0.1) is 0 Å². The maximum atomic E-state index is 13.3. The lowest BCUT2D eigenvalue weighted by Crippen LogP contribution is -2.43. The van der Waals surface area contributed by atoms with Gasteiger partial charge in [0.15, 0.2) is 0 Å². The zero-order valence-corrected chi connectivity index (χ0v) is 24.5. The van der Waals surface area contributed by atoms with Crippen molar-refractivity contribution in [1.29, 1.82) is 0 Å². The van der Waals surface area contributed by atoms with Gasteiger partial charge in [0.05, 0.1) is 28.5 Å². The molecule has 1 amide bonds. The van der Waals surface area contributed by atoms with E-state index in [9.17, 15) is 21.6 Å². The van der Waals surface area contributed by atoms with Crippen molar-refractivity contribution in [3.63, 3.8) is 0 Å². The Balaban J connectivity index is 1.31. The Morgan fingerprint density at radius 2 is 1.68 bits per heavy atom. The van der Waals surface area contributed by atoms with Gasteiger partial charge < -0.3 is 10.1 Å². The Kier molecular flexibility index (Phi) is 7.84. The summed E-state index contributed by atoms with van der Waals surface area (Å²) in [5.41, 5.74) is 2.53. The molecule has 0 radical (unpaired) electrons. The number of sulfonamides is 2. The number of hydrogen-bond donors (Lipinski definition) is 1. The lowest BCUT2D eigenvalue weighted by atomic mass is 9.98. The highest BCUT2D eigenvalue weighted by Gasteiger charge is 2.35. The summed E-state index contributed by atoms with van der Waals surface area (Å²) in [6, 6.07) is 15.9. The van der Waals surface area contributed by atoms with Crippen LogP contribution in [0.5, 0.6) is 5.75 Å². The van der Waals surface area contributed by atoms with Crippen LogP contribution in [0.4, 0.5) is 11.4 Å². The standard InChI is InChI=1S/C28H30ClN3O6S2/c1-19-16-25(11-12-27(19)38-2)39(34,35)31-14-3-4-21(18-31)28(33)30-23-8-5-20-13-15-32(26(20)17-23)40(36,37)24-9-6-22(29)7-10-24/h5-12,16-17,21H,3-4,13-15,18H2,1-2H3,(H,30,33). The van der Waals surface area contributed by atoms with Crippen LogP contribution in [0.3, 0.4) is 0 Å². The molecule has 1 fully saturated rings. The molecule has 1 unspecified atom stereocenters.